The minimum atomic E-state index is -0.808. The molecule has 0 bridgehead atoms. The smallest absolute Gasteiger partial charge is 0.252 e. The molecule has 3 N–H and O–H groups in total. The average molecular weight is 333 g/mol. The van der Waals surface area contributed by atoms with Crippen molar-refractivity contribution in [1.82, 2.24) is 5.32 Å². The van der Waals surface area contributed by atoms with E-state index in [1.807, 2.05) is 18.2 Å². The second-order valence-electron chi connectivity index (χ2n) is 5.01. The van der Waals surface area contributed by atoms with Gasteiger partial charge in [0.1, 0.15) is 0 Å². The Morgan fingerprint density at radius 2 is 1.87 bits per heavy atom. The number of anilines is 1. The van der Waals surface area contributed by atoms with Crippen molar-refractivity contribution in [1.29, 1.82) is 0 Å². The van der Waals surface area contributed by atoms with Gasteiger partial charge in [0.05, 0.1) is 16.7 Å². The first kappa shape index (κ1) is 17.0. The molecule has 6 heteroatoms. The molecular weight excluding hydrogens is 316 g/mol. The summed E-state index contributed by atoms with van der Waals surface area (Å²) in [6.45, 7) is 1.44. The summed E-state index contributed by atoms with van der Waals surface area (Å²) in [6, 6.07) is 13.7. The van der Waals surface area contributed by atoms with Crippen molar-refractivity contribution in [2.24, 2.45) is 0 Å². The molecular formula is C17H17ClN2O3. The van der Waals surface area contributed by atoms with Crippen molar-refractivity contribution >= 4 is 29.1 Å². The van der Waals surface area contributed by atoms with Crippen LogP contribution in [0.5, 0.6) is 0 Å². The summed E-state index contributed by atoms with van der Waals surface area (Å²) in [7, 11) is 0. The Morgan fingerprint density at radius 1 is 1.17 bits per heavy atom. The van der Waals surface area contributed by atoms with Crippen LogP contribution >= 0.6 is 11.6 Å². The summed E-state index contributed by atoms with van der Waals surface area (Å²) in [5, 5.41) is 15.5. The predicted molar refractivity (Wildman–Crippen MR) is 89.5 cm³/mol. The minimum Gasteiger partial charge on any atom is -0.387 e. The SMILES string of the molecule is CC(=O)Nc1ccc(Cl)c(C(=O)NC[C@@H](O)c2ccccc2)c1. The molecule has 23 heavy (non-hydrogen) atoms. The van der Waals surface area contributed by atoms with Crippen molar-refractivity contribution in [2.45, 2.75) is 13.0 Å². The zero-order valence-electron chi connectivity index (χ0n) is 12.5. The Balaban J connectivity index is 2.04. The number of carbonyl (C=O) groups is 2. The number of rotatable bonds is 5. The number of hydrogen-bond acceptors (Lipinski definition) is 3. The molecule has 2 amide bonds. The van der Waals surface area contributed by atoms with Crippen molar-refractivity contribution in [2.75, 3.05) is 11.9 Å². The van der Waals surface area contributed by atoms with Crippen molar-refractivity contribution in [3.05, 3.63) is 64.7 Å². The van der Waals surface area contributed by atoms with Crippen LogP contribution in [0.2, 0.25) is 5.02 Å². The van der Waals surface area contributed by atoms with E-state index in [0.717, 1.165) is 0 Å². The third kappa shape index (κ3) is 4.81. The summed E-state index contributed by atoms with van der Waals surface area (Å²) >= 11 is 6.02. The Hall–Kier alpha value is -2.37. The molecule has 2 aromatic carbocycles. The number of nitrogens with one attached hydrogen (secondary N) is 2. The molecule has 0 spiro atoms. The first-order chi connectivity index (χ1) is 11.0. The zero-order valence-corrected chi connectivity index (χ0v) is 13.3. The van der Waals surface area contributed by atoms with Gasteiger partial charge in [0.2, 0.25) is 5.91 Å². The molecule has 0 aliphatic rings. The van der Waals surface area contributed by atoms with Crippen LogP contribution < -0.4 is 10.6 Å². The quantitative estimate of drug-likeness (QED) is 0.787. The van der Waals surface area contributed by atoms with Gasteiger partial charge in [-0.3, -0.25) is 9.59 Å². The highest BCUT2D eigenvalue weighted by molar-refractivity contribution is 6.34. The molecule has 0 radical (unpaired) electrons. The minimum absolute atomic E-state index is 0.0591. The number of hydrogen-bond donors (Lipinski definition) is 3. The van der Waals surface area contributed by atoms with Gasteiger partial charge < -0.3 is 15.7 Å². The van der Waals surface area contributed by atoms with E-state index in [9.17, 15) is 14.7 Å². The van der Waals surface area contributed by atoms with E-state index in [4.69, 9.17) is 11.6 Å². The maximum Gasteiger partial charge on any atom is 0.252 e. The summed E-state index contributed by atoms with van der Waals surface area (Å²) in [4.78, 5) is 23.3. The van der Waals surface area contributed by atoms with Gasteiger partial charge in [-0.2, -0.15) is 0 Å². The molecule has 0 aromatic heterocycles. The lowest BCUT2D eigenvalue weighted by Crippen LogP contribution is -2.28. The zero-order chi connectivity index (χ0) is 16.8. The van der Waals surface area contributed by atoms with Gasteiger partial charge in [0, 0.05) is 19.2 Å². The molecule has 2 aromatic rings. The van der Waals surface area contributed by atoms with E-state index in [1.165, 1.54) is 19.1 Å². The summed E-state index contributed by atoms with van der Waals surface area (Å²) in [5.41, 5.74) is 1.43. The fraction of sp³-hybridized carbons (Fsp3) is 0.176. The average Bonchev–Trinajstić information content (AvgIpc) is 2.54. The van der Waals surface area contributed by atoms with Crippen LogP contribution in [0, 0.1) is 0 Å². The fourth-order valence-electron chi connectivity index (χ4n) is 2.06. The van der Waals surface area contributed by atoms with Crippen LogP contribution in [0.15, 0.2) is 48.5 Å². The van der Waals surface area contributed by atoms with Crippen LogP contribution in [0.3, 0.4) is 0 Å². The van der Waals surface area contributed by atoms with Gasteiger partial charge in [0.15, 0.2) is 0 Å². The van der Waals surface area contributed by atoms with E-state index in [2.05, 4.69) is 10.6 Å². The molecule has 120 valence electrons. The van der Waals surface area contributed by atoms with Crippen LogP contribution in [0.4, 0.5) is 5.69 Å². The molecule has 5 nitrogen and oxygen atoms in total. The molecule has 0 saturated heterocycles. The van der Waals surface area contributed by atoms with Gasteiger partial charge >= 0.3 is 0 Å². The lowest BCUT2D eigenvalue weighted by molar-refractivity contribution is -0.114. The molecule has 0 saturated carbocycles. The standard InChI is InChI=1S/C17H17ClN2O3/c1-11(21)20-13-7-8-15(18)14(9-13)17(23)19-10-16(22)12-5-3-2-4-6-12/h2-9,16,22H,10H2,1H3,(H,19,23)(H,20,21)/t16-/m1/s1. The van der Waals surface area contributed by atoms with Gasteiger partial charge in [0.25, 0.3) is 5.91 Å². The topological polar surface area (TPSA) is 78.4 Å². The number of carbonyl (C=O) groups excluding carboxylic acids is 2. The maximum atomic E-state index is 12.2. The highest BCUT2D eigenvalue weighted by atomic mass is 35.5. The van der Waals surface area contributed by atoms with Gasteiger partial charge in [-0.05, 0) is 23.8 Å². The van der Waals surface area contributed by atoms with Crippen LogP contribution in [-0.2, 0) is 4.79 Å². The van der Waals surface area contributed by atoms with Gasteiger partial charge in [-0.15, -0.1) is 0 Å². The number of benzene rings is 2. The Kier molecular flexibility index (Phi) is 5.73. The number of aliphatic hydroxyl groups excluding tert-OH is 1. The Labute approximate surface area is 139 Å². The van der Waals surface area contributed by atoms with Crippen LogP contribution in [0.1, 0.15) is 28.9 Å². The highest BCUT2D eigenvalue weighted by Crippen LogP contribution is 2.21. The summed E-state index contributed by atoms with van der Waals surface area (Å²) in [6.07, 6.45) is -0.808. The molecule has 0 fully saturated rings. The maximum absolute atomic E-state index is 12.2. The Morgan fingerprint density at radius 3 is 2.52 bits per heavy atom. The Bertz CT molecular complexity index is 704. The fourth-order valence-corrected chi connectivity index (χ4v) is 2.26. The van der Waals surface area contributed by atoms with Crippen molar-refractivity contribution in [3.63, 3.8) is 0 Å². The monoisotopic (exact) mass is 332 g/mol. The van der Waals surface area contributed by atoms with Crippen LogP contribution in [-0.4, -0.2) is 23.5 Å². The molecule has 0 unspecified atom stereocenters. The molecule has 2 rings (SSSR count). The van der Waals surface area contributed by atoms with E-state index in [1.54, 1.807) is 18.2 Å². The normalized spacial score (nSPS) is 11.6. The molecule has 0 aliphatic carbocycles. The number of aliphatic hydroxyl groups is 1. The third-order valence-electron chi connectivity index (χ3n) is 3.17. The summed E-state index contributed by atoms with van der Waals surface area (Å²) < 4.78 is 0. The van der Waals surface area contributed by atoms with Gasteiger partial charge in [-0.1, -0.05) is 41.9 Å². The largest absolute Gasteiger partial charge is 0.387 e. The van der Waals surface area contributed by atoms with Crippen LogP contribution in [0.25, 0.3) is 0 Å². The molecule has 0 heterocycles. The summed E-state index contributed by atoms with van der Waals surface area (Å²) in [5.74, 6) is -0.657. The first-order valence-electron chi connectivity index (χ1n) is 7.05. The van der Waals surface area contributed by atoms with Crippen molar-refractivity contribution in [3.8, 4) is 0 Å². The number of halogens is 1. The van der Waals surface area contributed by atoms with E-state index < -0.39 is 12.0 Å². The lowest BCUT2D eigenvalue weighted by atomic mass is 10.1. The highest BCUT2D eigenvalue weighted by Gasteiger charge is 2.14. The van der Waals surface area contributed by atoms with E-state index in [-0.39, 0.29) is 23.0 Å². The molecule has 0 aliphatic heterocycles. The predicted octanol–water partition coefficient (Wildman–Crippen LogP) is 2.76. The second-order valence-corrected chi connectivity index (χ2v) is 5.42. The number of amides is 2. The third-order valence-corrected chi connectivity index (χ3v) is 3.50. The van der Waals surface area contributed by atoms with Gasteiger partial charge in [-0.25, -0.2) is 0 Å². The first-order valence-corrected chi connectivity index (χ1v) is 7.43. The van der Waals surface area contributed by atoms with Crippen molar-refractivity contribution < 1.29 is 14.7 Å². The van der Waals surface area contributed by atoms with E-state index >= 15 is 0 Å². The van der Waals surface area contributed by atoms with E-state index in [0.29, 0.717) is 11.3 Å². The second kappa shape index (κ2) is 7.76. The lowest BCUT2D eigenvalue weighted by Gasteiger charge is -2.13. The molecule has 1 atom stereocenters.